The molecule has 24 aromatic rings. The second-order valence-electron chi connectivity index (χ2n) is 33.3. The minimum absolute atomic E-state index is 0.493. The summed E-state index contributed by atoms with van der Waals surface area (Å²) in [6.07, 6.45) is 7.17. The fourth-order valence-corrected chi connectivity index (χ4v) is 22.0. The summed E-state index contributed by atoms with van der Waals surface area (Å²) in [5.41, 5.74) is 37.5. The number of hydrogen-bond donors (Lipinski definition) is 0. The Morgan fingerprint density at radius 1 is 0.161 bits per heavy atom. The van der Waals surface area contributed by atoms with Crippen LogP contribution in [0.2, 0.25) is 0 Å². The SMILES string of the molecule is c1ccc(-n2c3ccccc3c3cc(-c4ccc5c(c4)C(c4ccccc4)(c4ccccc4)c4cc(-c6ccc7c(c6)c6ccccc6c6nccnc76)ccc4-5)ccc32)cc1.c1ccc(-n2c3ccccc3c3cc(-c4ccc5c(c4)C4(c6ccccc6-c6ccccc64)c4cc(-c6ccc7c(c6)c6ccccc6c6nccnc76)ccc4-5)ccc32)cc1. The zero-order valence-corrected chi connectivity index (χ0v) is 67.3. The highest BCUT2D eigenvalue weighted by Gasteiger charge is 2.52. The van der Waals surface area contributed by atoms with Gasteiger partial charge in [0.25, 0.3) is 0 Å². The summed E-state index contributed by atoms with van der Waals surface area (Å²) in [7, 11) is 0. The van der Waals surface area contributed by atoms with Crippen molar-refractivity contribution in [3.05, 3.63) is 482 Å². The van der Waals surface area contributed by atoms with Crippen molar-refractivity contribution in [1.82, 2.24) is 29.1 Å². The third kappa shape index (κ3) is 10.0. The summed E-state index contributed by atoms with van der Waals surface area (Å²) in [5, 5.41) is 14.2. The molecule has 0 bridgehead atoms. The summed E-state index contributed by atoms with van der Waals surface area (Å²) >= 11 is 0. The van der Waals surface area contributed by atoms with E-state index in [2.05, 4.69) is 422 Å². The fourth-order valence-electron chi connectivity index (χ4n) is 22.0. The Balaban J connectivity index is 0.000000133. The van der Waals surface area contributed by atoms with Gasteiger partial charge in [-0.2, -0.15) is 0 Å². The van der Waals surface area contributed by atoms with Gasteiger partial charge >= 0.3 is 0 Å². The molecule has 0 radical (unpaired) electrons. The quantitative estimate of drug-likeness (QED) is 0.142. The van der Waals surface area contributed by atoms with E-state index in [0.717, 1.165) is 49.3 Å². The Bertz CT molecular complexity index is 8050. The van der Waals surface area contributed by atoms with Crippen LogP contribution in [-0.2, 0) is 10.8 Å². The Morgan fingerprint density at radius 3 is 0.798 bits per heavy atom. The van der Waals surface area contributed by atoms with Gasteiger partial charge in [0.15, 0.2) is 0 Å². The summed E-state index contributed by atoms with van der Waals surface area (Å²) in [5.74, 6) is 0. The van der Waals surface area contributed by atoms with Crippen LogP contribution in [0.25, 0.3) is 198 Å². The van der Waals surface area contributed by atoms with Gasteiger partial charge in [0, 0.05) is 79.3 Å². The maximum Gasteiger partial charge on any atom is 0.0971 e. The summed E-state index contributed by atoms with van der Waals surface area (Å²) in [4.78, 5) is 19.2. The zero-order valence-electron chi connectivity index (χ0n) is 67.3. The van der Waals surface area contributed by atoms with Gasteiger partial charge in [-0.15, -0.1) is 0 Å². The first kappa shape index (κ1) is 69.6. The molecule has 0 saturated carbocycles. The van der Waals surface area contributed by atoms with E-state index in [1.54, 1.807) is 24.8 Å². The van der Waals surface area contributed by atoms with Crippen molar-refractivity contribution in [2.24, 2.45) is 0 Å². The Labute approximate surface area is 714 Å². The van der Waals surface area contributed by atoms with Gasteiger partial charge < -0.3 is 9.13 Å². The predicted octanol–water partition coefficient (Wildman–Crippen LogP) is 29.4. The first-order valence-corrected chi connectivity index (χ1v) is 42.7. The summed E-state index contributed by atoms with van der Waals surface area (Å²) < 4.78 is 4.77. The third-order valence-electron chi connectivity index (χ3n) is 27.2. The number of benzene rings is 20. The first-order valence-electron chi connectivity index (χ1n) is 42.7. The van der Waals surface area contributed by atoms with Crippen molar-refractivity contribution in [2.45, 2.75) is 10.8 Å². The Kier molecular flexibility index (Phi) is 15.2. The molecule has 124 heavy (non-hydrogen) atoms. The number of hydrogen-bond acceptors (Lipinski definition) is 4. The van der Waals surface area contributed by atoms with Crippen molar-refractivity contribution >= 4 is 109 Å². The maximum absolute atomic E-state index is 4.83. The maximum atomic E-state index is 4.83. The van der Waals surface area contributed by atoms with E-state index in [0.29, 0.717) is 0 Å². The molecule has 3 aliphatic rings. The largest absolute Gasteiger partial charge is 0.309 e. The van der Waals surface area contributed by atoms with Crippen LogP contribution < -0.4 is 0 Å². The number of rotatable bonds is 8. The molecule has 4 heterocycles. The van der Waals surface area contributed by atoms with E-state index in [1.165, 1.54) is 193 Å². The molecule has 27 rings (SSSR count). The lowest BCUT2D eigenvalue weighted by Crippen LogP contribution is -2.28. The molecule has 1 spiro atoms. The van der Waals surface area contributed by atoms with Crippen molar-refractivity contribution < 1.29 is 0 Å². The van der Waals surface area contributed by atoms with E-state index < -0.39 is 10.8 Å². The van der Waals surface area contributed by atoms with Crippen molar-refractivity contribution in [3.63, 3.8) is 0 Å². The van der Waals surface area contributed by atoms with Crippen LogP contribution in [-0.4, -0.2) is 29.1 Å². The van der Waals surface area contributed by atoms with Gasteiger partial charge in [-0.3, -0.25) is 19.9 Å². The molecule has 6 nitrogen and oxygen atoms in total. The van der Waals surface area contributed by atoms with Crippen LogP contribution in [0.15, 0.2) is 437 Å². The van der Waals surface area contributed by atoms with Gasteiger partial charge in [0.05, 0.1) is 55.0 Å². The molecule has 0 N–H and O–H groups in total. The lowest BCUT2D eigenvalue weighted by Gasteiger charge is -2.34. The molecule has 574 valence electrons. The molecule has 0 atom stereocenters. The molecular weight excluding hydrogens is 1500 g/mol. The lowest BCUT2D eigenvalue weighted by molar-refractivity contribution is 0.769. The summed E-state index contributed by atoms with van der Waals surface area (Å²) in [6.45, 7) is 0. The minimum Gasteiger partial charge on any atom is -0.309 e. The van der Waals surface area contributed by atoms with E-state index in [9.17, 15) is 0 Å². The zero-order chi connectivity index (χ0) is 81.3. The molecule has 3 aliphatic carbocycles. The van der Waals surface area contributed by atoms with E-state index in [-0.39, 0.29) is 0 Å². The van der Waals surface area contributed by atoms with Crippen LogP contribution in [0, 0.1) is 0 Å². The molecule has 6 heteroatoms. The second-order valence-corrected chi connectivity index (χ2v) is 33.3. The van der Waals surface area contributed by atoms with Gasteiger partial charge in [-0.25, -0.2) is 0 Å². The number of para-hydroxylation sites is 4. The van der Waals surface area contributed by atoms with E-state index in [1.807, 2.05) is 0 Å². The van der Waals surface area contributed by atoms with Crippen LogP contribution >= 0.6 is 0 Å². The van der Waals surface area contributed by atoms with Gasteiger partial charge in [0.1, 0.15) is 0 Å². The lowest BCUT2D eigenvalue weighted by atomic mass is 9.67. The third-order valence-corrected chi connectivity index (χ3v) is 27.2. The molecular formula is C118H72N6. The van der Waals surface area contributed by atoms with Gasteiger partial charge in [0.2, 0.25) is 0 Å². The molecule has 0 saturated heterocycles. The van der Waals surface area contributed by atoms with Crippen molar-refractivity contribution in [2.75, 3.05) is 0 Å². The molecule has 0 unspecified atom stereocenters. The standard InChI is InChI=1S/C59H35N3.C59H37N3/c1-2-12-40(13-3-1)62-55-21-11-8-17-46(55)50-33-37(25-29-56(50)62)39-23-27-45-44-26-22-38(36-24-28-48-49(32-36)41-14-4-5-18-47(41)57-58(48)61-31-30-60-57)34-53(44)59(54(45)35-39)51-19-9-6-15-42(51)43-16-7-10-20-52(43)59;1-4-14-42(15-5-1)59(43-16-6-2-7-17-43)53-36-40(38-26-30-50-51(34-38)45-20-10-11-22-49(45)57-58(50)61-33-32-60-57)24-28-46(53)47-29-25-41(37-54(47)59)39-27-31-56-52(35-39)48-21-12-13-23-55(48)62(56)44-18-8-3-9-19-44/h1-35H;1-37H. The van der Waals surface area contributed by atoms with Crippen LogP contribution in [0.1, 0.15) is 44.5 Å². The predicted molar refractivity (Wildman–Crippen MR) is 513 cm³/mol. The van der Waals surface area contributed by atoms with Gasteiger partial charge in [-0.05, 0) is 241 Å². The van der Waals surface area contributed by atoms with E-state index >= 15 is 0 Å². The number of fused-ring (bicyclic) bond motifs is 31. The molecule has 0 aliphatic heterocycles. The van der Waals surface area contributed by atoms with Crippen molar-refractivity contribution in [1.29, 1.82) is 0 Å². The monoisotopic (exact) mass is 1570 g/mol. The smallest absolute Gasteiger partial charge is 0.0971 e. The molecule has 0 amide bonds. The molecule has 4 aromatic heterocycles. The number of aromatic nitrogens is 6. The normalized spacial score (nSPS) is 13.1. The van der Waals surface area contributed by atoms with Crippen LogP contribution in [0.5, 0.6) is 0 Å². The highest BCUT2D eigenvalue weighted by Crippen LogP contribution is 2.64. The minimum atomic E-state index is -0.567. The highest BCUT2D eigenvalue weighted by molar-refractivity contribution is 6.25. The van der Waals surface area contributed by atoms with E-state index in [4.69, 9.17) is 19.9 Å². The Morgan fingerprint density at radius 2 is 0.419 bits per heavy atom. The van der Waals surface area contributed by atoms with Crippen LogP contribution in [0.3, 0.4) is 0 Å². The fraction of sp³-hybridized carbons (Fsp3) is 0.0169. The average Bonchev–Trinajstić information content (AvgIpc) is 1.51. The topological polar surface area (TPSA) is 61.4 Å². The second kappa shape index (κ2) is 27.1. The Hall–Kier alpha value is -16.3. The molecule has 0 fully saturated rings. The highest BCUT2D eigenvalue weighted by atomic mass is 15.0. The number of nitrogens with zero attached hydrogens (tertiary/aromatic N) is 6. The first-order chi connectivity index (χ1) is 61.5. The van der Waals surface area contributed by atoms with Crippen LogP contribution in [0.4, 0.5) is 0 Å². The summed E-state index contributed by atoms with van der Waals surface area (Å²) in [6, 6.07) is 153. The van der Waals surface area contributed by atoms with Gasteiger partial charge in [-0.1, -0.05) is 315 Å². The molecule has 20 aromatic carbocycles. The average molecular weight is 1570 g/mol. The van der Waals surface area contributed by atoms with Crippen molar-refractivity contribution in [3.8, 4) is 89.3 Å².